The first-order valence-corrected chi connectivity index (χ1v) is 8.40. The van der Waals surface area contributed by atoms with Crippen LogP contribution in [0, 0.1) is 11.6 Å². The first kappa shape index (κ1) is 20.8. The van der Waals surface area contributed by atoms with Gasteiger partial charge in [-0.05, 0) is 24.3 Å². The van der Waals surface area contributed by atoms with E-state index in [0.29, 0.717) is 17.5 Å². The number of hydrogen-bond acceptors (Lipinski definition) is 4. The van der Waals surface area contributed by atoms with E-state index in [-0.39, 0.29) is 31.6 Å². The van der Waals surface area contributed by atoms with Crippen LogP contribution in [0.25, 0.3) is 0 Å². The van der Waals surface area contributed by atoms with Crippen LogP contribution in [0.3, 0.4) is 0 Å². The largest absolute Gasteiger partial charge is 0.491 e. The fraction of sp³-hybridized carbons (Fsp3) is 0.211. The first-order chi connectivity index (χ1) is 13.4. The lowest BCUT2D eigenvalue weighted by molar-refractivity contribution is -0.118. The van der Waals surface area contributed by atoms with E-state index in [1.165, 1.54) is 0 Å². The lowest BCUT2D eigenvalue weighted by Crippen LogP contribution is -2.28. The lowest BCUT2D eigenvalue weighted by Gasteiger charge is -2.12. The normalized spacial score (nSPS) is 10.2. The van der Waals surface area contributed by atoms with Gasteiger partial charge in [0.05, 0.1) is 24.3 Å². The summed E-state index contributed by atoms with van der Waals surface area (Å²) in [5.74, 6) is -3.06. The number of nitrogens with one attached hydrogen (secondary N) is 2. The highest BCUT2D eigenvalue weighted by Crippen LogP contribution is 2.24. The molecule has 0 saturated carbocycles. The Labute approximate surface area is 159 Å². The Bertz CT molecular complexity index is 874. The van der Waals surface area contributed by atoms with Crippen molar-refractivity contribution in [2.24, 2.45) is 5.73 Å². The topological polar surface area (TPSA) is 111 Å². The number of hydrogen-bond donors (Lipinski definition) is 3. The monoisotopic (exact) mass is 391 g/mol. The van der Waals surface area contributed by atoms with Crippen molar-refractivity contribution >= 4 is 23.4 Å². The van der Waals surface area contributed by atoms with Gasteiger partial charge in [-0.3, -0.25) is 14.4 Å². The van der Waals surface area contributed by atoms with E-state index in [0.717, 1.165) is 12.1 Å². The highest BCUT2D eigenvalue weighted by molar-refractivity contribution is 5.95. The second-order valence-electron chi connectivity index (χ2n) is 5.74. The first-order valence-electron chi connectivity index (χ1n) is 8.40. The fourth-order valence-corrected chi connectivity index (χ4v) is 2.23. The maximum atomic E-state index is 13.5. The van der Waals surface area contributed by atoms with E-state index < -0.39 is 29.4 Å². The molecule has 0 bridgehead atoms. The molecular weight excluding hydrogens is 372 g/mol. The number of carbonyl (C=O) groups is 3. The second-order valence-corrected chi connectivity index (χ2v) is 5.74. The number of ether oxygens (including phenoxy) is 1. The molecule has 0 aliphatic carbocycles. The zero-order valence-corrected chi connectivity index (χ0v) is 14.8. The quantitative estimate of drug-likeness (QED) is 0.607. The molecule has 28 heavy (non-hydrogen) atoms. The maximum absolute atomic E-state index is 13.5. The summed E-state index contributed by atoms with van der Waals surface area (Å²) >= 11 is 0. The molecule has 7 nitrogen and oxygen atoms in total. The van der Waals surface area contributed by atoms with Gasteiger partial charge in [0.1, 0.15) is 17.4 Å². The van der Waals surface area contributed by atoms with Crippen LogP contribution in [0.4, 0.5) is 14.5 Å². The van der Waals surface area contributed by atoms with Gasteiger partial charge in [-0.2, -0.15) is 0 Å². The molecule has 0 radical (unpaired) electrons. The summed E-state index contributed by atoms with van der Waals surface area (Å²) in [6, 6.07) is 9.23. The fourth-order valence-electron chi connectivity index (χ4n) is 2.23. The van der Waals surface area contributed by atoms with E-state index in [2.05, 4.69) is 10.6 Å². The Morgan fingerprint density at radius 1 is 1.04 bits per heavy atom. The van der Waals surface area contributed by atoms with Crippen molar-refractivity contribution in [1.29, 1.82) is 0 Å². The number of benzene rings is 2. The third-order valence-electron chi connectivity index (χ3n) is 3.58. The van der Waals surface area contributed by atoms with Gasteiger partial charge < -0.3 is 21.1 Å². The lowest BCUT2D eigenvalue weighted by atomic mass is 10.2. The number of amides is 3. The van der Waals surface area contributed by atoms with Crippen molar-refractivity contribution in [3.8, 4) is 5.75 Å². The van der Waals surface area contributed by atoms with Gasteiger partial charge in [0.2, 0.25) is 11.8 Å². The van der Waals surface area contributed by atoms with Crippen LogP contribution in [0.2, 0.25) is 0 Å². The minimum Gasteiger partial charge on any atom is -0.491 e. The molecule has 0 spiro atoms. The van der Waals surface area contributed by atoms with Crippen LogP contribution in [0.1, 0.15) is 23.2 Å². The van der Waals surface area contributed by atoms with E-state index in [4.69, 9.17) is 10.5 Å². The summed E-state index contributed by atoms with van der Waals surface area (Å²) in [5.41, 5.74) is 5.13. The Morgan fingerprint density at radius 3 is 2.50 bits per heavy atom. The summed E-state index contributed by atoms with van der Waals surface area (Å²) < 4.78 is 31.8. The average Bonchev–Trinajstić information content (AvgIpc) is 2.62. The molecule has 0 fully saturated rings. The van der Waals surface area contributed by atoms with Gasteiger partial charge in [0.25, 0.3) is 5.91 Å². The molecule has 2 aromatic carbocycles. The standard InChI is InChI=1S/C19H19F2N3O4/c20-12-5-6-13(14(21)11-12)19(27)23-9-7-18(26)24-15-3-1-2-4-16(15)28-10-8-17(22)25/h1-6,11H,7-10H2,(H2,22,25)(H,23,27)(H,24,26). The van der Waals surface area contributed by atoms with Crippen LogP contribution in [-0.4, -0.2) is 30.9 Å². The molecule has 0 atom stereocenters. The van der Waals surface area contributed by atoms with Crippen LogP contribution < -0.4 is 21.1 Å². The molecule has 0 saturated heterocycles. The van der Waals surface area contributed by atoms with Gasteiger partial charge in [0.15, 0.2) is 0 Å². The summed E-state index contributed by atoms with van der Waals surface area (Å²) in [4.78, 5) is 34.7. The van der Waals surface area contributed by atoms with Gasteiger partial charge in [-0.25, -0.2) is 8.78 Å². The van der Waals surface area contributed by atoms with Gasteiger partial charge in [-0.1, -0.05) is 12.1 Å². The predicted molar refractivity (Wildman–Crippen MR) is 97.7 cm³/mol. The van der Waals surface area contributed by atoms with E-state index >= 15 is 0 Å². The van der Waals surface area contributed by atoms with Crippen LogP contribution >= 0.6 is 0 Å². The summed E-state index contributed by atoms with van der Waals surface area (Å²) in [5, 5.41) is 5.02. The molecule has 0 heterocycles. The molecule has 2 aromatic rings. The van der Waals surface area contributed by atoms with Gasteiger partial charge >= 0.3 is 0 Å². The molecule has 3 amide bonds. The Morgan fingerprint density at radius 2 is 1.79 bits per heavy atom. The number of para-hydroxylation sites is 2. The highest BCUT2D eigenvalue weighted by atomic mass is 19.1. The Balaban J connectivity index is 1.84. The van der Waals surface area contributed by atoms with Crippen molar-refractivity contribution in [2.75, 3.05) is 18.5 Å². The van der Waals surface area contributed by atoms with E-state index in [9.17, 15) is 23.2 Å². The van der Waals surface area contributed by atoms with Crippen molar-refractivity contribution in [3.05, 3.63) is 59.7 Å². The number of carbonyl (C=O) groups excluding carboxylic acids is 3. The summed E-state index contributed by atoms with van der Waals surface area (Å²) in [7, 11) is 0. The zero-order valence-electron chi connectivity index (χ0n) is 14.8. The number of anilines is 1. The van der Waals surface area contributed by atoms with Crippen molar-refractivity contribution in [1.82, 2.24) is 5.32 Å². The smallest absolute Gasteiger partial charge is 0.254 e. The van der Waals surface area contributed by atoms with E-state index in [1.807, 2.05) is 0 Å². The Kier molecular flexibility index (Phi) is 7.44. The average molecular weight is 391 g/mol. The molecule has 0 aliphatic heterocycles. The highest BCUT2D eigenvalue weighted by Gasteiger charge is 2.13. The molecule has 0 aliphatic rings. The van der Waals surface area contributed by atoms with Crippen LogP contribution in [0.5, 0.6) is 5.75 Å². The molecular formula is C19H19F2N3O4. The molecule has 4 N–H and O–H groups in total. The zero-order chi connectivity index (χ0) is 20.5. The number of rotatable bonds is 9. The maximum Gasteiger partial charge on any atom is 0.254 e. The SMILES string of the molecule is NC(=O)CCOc1ccccc1NC(=O)CCNC(=O)c1ccc(F)cc1F. The molecule has 0 unspecified atom stereocenters. The van der Waals surface area contributed by atoms with Crippen LogP contribution in [-0.2, 0) is 9.59 Å². The minimum absolute atomic E-state index is 0.0360. The summed E-state index contributed by atoms with van der Waals surface area (Å²) in [6.45, 7) is 0.0215. The van der Waals surface area contributed by atoms with Crippen LogP contribution in [0.15, 0.2) is 42.5 Å². The number of halogens is 2. The second kappa shape index (κ2) is 10.0. The molecule has 2 rings (SSSR count). The van der Waals surface area contributed by atoms with Crippen molar-refractivity contribution < 1.29 is 27.9 Å². The van der Waals surface area contributed by atoms with E-state index in [1.54, 1.807) is 24.3 Å². The third-order valence-corrected chi connectivity index (χ3v) is 3.58. The van der Waals surface area contributed by atoms with Crippen molar-refractivity contribution in [3.63, 3.8) is 0 Å². The molecule has 148 valence electrons. The predicted octanol–water partition coefficient (Wildman–Crippen LogP) is 1.98. The number of primary amides is 1. The van der Waals surface area contributed by atoms with Crippen molar-refractivity contribution in [2.45, 2.75) is 12.8 Å². The molecule has 0 aromatic heterocycles. The third kappa shape index (κ3) is 6.35. The minimum atomic E-state index is -0.982. The van der Waals surface area contributed by atoms with Gasteiger partial charge in [-0.15, -0.1) is 0 Å². The summed E-state index contributed by atoms with van der Waals surface area (Å²) in [6.07, 6.45) is -0.0432. The molecule has 9 heteroatoms. The number of nitrogens with two attached hydrogens (primary N) is 1. The van der Waals surface area contributed by atoms with Gasteiger partial charge in [0, 0.05) is 19.0 Å². The Hall–Kier alpha value is -3.49.